The van der Waals surface area contributed by atoms with Crippen molar-refractivity contribution in [1.82, 2.24) is 5.32 Å². The third-order valence-corrected chi connectivity index (χ3v) is 4.64. The molecule has 6 heteroatoms. The molecule has 0 bridgehead atoms. The number of amides is 1. The van der Waals surface area contributed by atoms with E-state index in [0.717, 1.165) is 16.9 Å². The van der Waals surface area contributed by atoms with Gasteiger partial charge in [-0.15, -0.1) is 0 Å². The molecular weight excluding hydrogens is 366 g/mol. The number of carbonyl (C=O) groups excluding carboxylic acids is 1. The van der Waals surface area contributed by atoms with E-state index in [0.29, 0.717) is 23.1 Å². The van der Waals surface area contributed by atoms with Crippen molar-refractivity contribution in [2.24, 2.45) is 0 Å². The van der Waals surface area contributed by atoms with Crippen LogP contribution in [0.5, 0.6) is 17.2 Å². The summed E-state index contributed by atoms with van der Waals surface area (Å²) in [7, 11) is 1.61. The second-order valence-electron chi connectivity index (χ2n) is 6.53. The smallest absolute Gasteiger partial charge is 0.261 e. The van der Waals surface area contributed by atoms with E-state index in [9.17, 15) is 4.79 Å². The van der Waals surface area contributed by atoms with E-state index in [1.807, 2.05) is 57.2 Å². The third kappa shape index (κ3) is 6.07. The summed E-state index contributed by atoms with van der Waals surface area (Å²) in [6, 6.07) is 10.8. The summed E-state index contributed by atoms with van der Waals surface area (Å²) >= 11 is 6.16. The first kappa shape index (κ1) is 20.9. The van der Waals surface area contributed by atoms with E-state index < -0.39 is 6.10 Å². The Bertz CT molecular complexity index is 753. The van der Waals surface area contributed by atoms with Crippen LogP contribution in [-0.2, 0) is 4.79 Å². The summed E-state index contributed by atoms with van der Waals surface area (Å²) < 4.78 is 16.6. The Kier molecular flexibility index (Phi) is 7.36. The fourth-order valence-electron chi connectivity index (χ4n) is 2.53. The highest BCUT2D eigenvalue weighted by molar-refractivity contribution is 6.32. The highest BCUT2D eigenvalue weighted by Gasteiger charge is 2.18. The molecule has 0 aliphatic carbocycles. The van der Waals surface area contributed by atoms with E-state index in [-0.39, 0.29) is 11.9 Å². The second-order valence-corrected chi connectivity index (χ2v) is 6.91. The van der Waals surface area contributed by atoms with Crippen molar-refractivity contribution in [2.45, 2.75) is 39.8 Å². The molecule has 2 aromatic rings. The Morgan fingerprint density at radius 2 is 1.59 bits per heavy atom. The zero-order chi connectivity index (χ0) is 20.0. The van der Waals surface area contributed by atoms with E-state index in [1.54, 1.807) is 14.0 Å². The molecule has 146 valence electrons. The van der Waals surface area contributed by atoms with E-state index in [1.165, 1.54) is 0 Å². The number of carbonyl (C=O) groups is 1. The number of methoxy groups -OCH3 is 1. The van der Waals surface area contributed by atoms with Crippen molar-refractivity contribution in [2.75, 3.05) is 13.7 Å². The summed E-state index contributed by atoms with van der Waals surface area (Å²) in [4.78, 5) is 12.4. The number of benzene rings is 2. The van der Waals surface area contributed by atoms with Gasteiger partial charge in [-0.25, -0.2) is 0 Å². The monoisotopic (exact) mass is 391 g/mol. The quantitative estimate of drug-likeness (QED) is 0.728. The summed E-state index contributed by atoms with van der Waals surface area (Å²) in [5.74, 6) is 1.90. The van der Waals surface area contributed by atoms with Gasteiger partial charge in [0.25, 0.3) is 5.91 Å². The molecule has 27 heavy (non-hydrogen) atoms. The van der Waals surface area contributed by atoms with Crippen molar-refractivity contribution in [3.05, 3.63) is 52.5 Å². The average molecular weight is 392 g/mol. The predicted octanol–water partition coefficient (Wildman–Crippen LogP) is 4.32. The maximum Gasteiger partial charge on any atom is 0.261 e. The van der Waals surface area contributed by atoms with E-state index in [4.69, 9.17) is 25.8 Å². The van der Waals surface area contributed by atoms with Crippen LogP contribution in [-0.4, -0.2) is 31.8 Å². The molecule has 1 N–H and O–H groups in total. The number of aryl methyl sites for hydroxylation is 2. The van der Waals surface area contributed by atoms with Crippen LogP contribution in [0, 0.1) is 13.8 Å². The third-order valence-electron chi connectivity index (χ3n) is 4.04. The molecule has 0 radical (unpaired) electrons. The summed E-state index contributed by atoms with van der Waals surface area (Å²) in [5.41, 5.74) is 1.83. The van der Waals surface area contributed by atoms with Crippen molar-refractivity contribution in [1.29, 1.82) is 0 Å². The molecule has 0 fully saturated rings. The van der Waals surface area contributed by atoms with Gasteiger partial charge in [0.15, 0.2) is 6.10 Å². The first-order chi connectivity index (χ1) is 12.8. The van der Waals surface area contributed by atoms with Gasteiger partial charge in [-0.1, -0.05) is 11.6 Å². The summed E-state index contributed by atoms with van der Waals surface area (Å²) in [6.07, 6.45) is -0.631. The van der Waals surface area contributed by atoms with Gasteiger partial charge < -0.3 is 19.5 Å². The van der Waals surface area contributed by atoms with Gasteiger partial charge in [-0.2, -0.15) is 0 Å². The molecule has 0 aromatic heterocycles. The molecular formula is C21H26ClNO4. The van der Waals surface area contributed by atoms with Crippen LogP contribution in [0.1, 0.15) is 25.0 Å². The Labute approximate surface area is 165 Å². The standard InChI is InChI=1S/C21H26ClNO4/c1-13-10-19(11-14(2)20(13)22)27-16(4)21(24)23-15(3)12-26-18-8-6-17(25-5)7-9-18/h6-11,15-16H,12H2,1-5H3,(H,23,24)/t15-,16+/m0/s1. The summed E-state index contributed by atoms with van der Waals surface area (Å²) in [5, 5.41) is 3.61. The van der Waals surface area contributed by atoms with Gasteiger partial charge in [-0.05, 0) is 75.2 Å². The van der Waals surface area contributed by atoms with Gasteiger partial charge >= 0.3 is 0 Å². The lowest BCUT2D eigenvalue weighted by Gasteiger charge is -2.20. The first-order valence-electron chi connectivity index (χ1n) is 8.80. The van der Waals surface area contributed by atoms with Crippen LogP contribution >= 0.6 is 11.6 Å². The van der Waals surface area contributed by atoms with Gasteiger partial charge in [0.2, 0.25) is 0 Å². The molecule has 0 aliphatic rings. The van der Waals surface area contributed by atoms with Crippen LogP contribution in [0.2, 0.25) is 5.02 Å². The number of hydrogen-bond acceptors (Lipinski definition) is 4. The lowest BCUT2D eigenvalue weighted by Crippen LogP contribution is -2.43. The minimum Gasteiger partial charge on any atom is -0.497 e. The van der Waals surface area contributed by atoms with Crippen molar-refractivity contribution in [3.63, 3.8) is 0 Å². The SMILES string of the molecule is COc1ccc(OC[C@H](C)NC(=O)[C@@H](C)Oc2cc(C)c(Cl)c(C)c2)cc1. The van der Waals surface area contributed by atoms with Gasteiger partial charge in [0, 0.05) is 5.02 Å². The molecule has 2 atom stereocenters. The number of hydrogen-bond donors (Lipinski definition) is 1. The van der Waals surface area contributed by atoms with Crippen LogP contribution < -0.4 is 19.5 Å². The Morgan fingerprint density at radius 3 is 2.15 bits per heavy atom. The maximum atomic E-state index is 12.4. The largest absolute Gasteiger partial charge is 0.497 e. The number of rotatable bonds is 8. The topological polar surface area (TPSA) is 56.8 Å². The van der Waals surface area contributed by atoms with E-state index in [2.05, 4.69) is 5.32 Å². The zero-order valence-corrected chi connectivity index (χ0v) is 17.1. The Morgan fingerprint density at radius 1 is 1.04 bits per heavy atom. The number of ether oxygens (including phenoxy) is 3. The van der Waals surface area contributed by atoms with Crippen LogP contribution in [0.3, 0.4) is 0 Å². The van der Waals surface area contributed by atoms with Crippen molar-refractivity contribution in [3.8, 4) is 17.2 Å². The molecule has 0 saturated carbocycles. The highest BCUT2D eigenvalue weighted by atomic mass is 35.5. The normalized spacial score (nSPS) is 12.8. The minimum absolute atomic E-state index is 0.167. The maximum absolute atomic E-state index is 12.4. The first-order valence-corrected chi connectivity index (χ1v) is 9.18. The van der Waals surface area contributed by atoms with Gasteiger partial charge in [0.05, 0.1) is 13.2 Å². The molecule has 0 heterocycles. The number of nitrogens with one attached hydrogen (secondary N) is 1. The second kappa shape index (κ2) is 9.51. The fraction of sp³-hybridized carbons (Fsp3) is 0.381. The van der Waals surface area contributed by atoms with Crippen LogP contribution in [0.15, 0.2) is 36.4 Å². The lowest BCUT2D eigenvalue weighted by molar-refractivity contribution is -0.128. The van der Waals surface area contributed by atoms with Crippen molar-refractivity contribution < 1.29 is 19.0 Å². The fourth-order valence-corrected chi connectivity index (χ4v) is 2.64. The van der Waals surface area contributed by atoms with Crippen LogP contribution in [0.25, 0.3) is 0 Å². The predicted molar refractivity (Wildman–Crippen MR) is 107 cm³/mol. The zero-order valence-electron chi connectivity index (χ0n) is 16.3. The minimum atomic E-state index is -0.631. The average Bonchev–Trinajstić information content (AvgIpc) is 2.64. The lowest BCUT2D eigenvalue weighted by atomic mass is 10.1. The number of halogens is 1. The summed E-state index contributed by atoms with van der Waals surface area (Å²) in [6.45, 7) is 7.76. The van der Waals surface area contributed by atoms with Crippen molar-refractivity contribution >= 4 is 17.5 Å². The van der Waals surface area contributed by atoms with E-state index >= 15 is 0 Å². The molecule has 0 saturated heterocycles. The highest BCUT2D eigenvalue weighted by Crippen LogP contribution is 2.26. The molecule has 1 amide bonds. The molecule has 5 nitrogen and oxygen atoms in total. The molecule has 2 aromatic carbocycles. The molecule has 0 spiro atoms. The Balaban J connectivity index is 1.84. The molecule has 2 rings (SSSR count). The van der Waals surface area contributed by atoms with Crippen LogP contribution in [0.4, 0.5) is 0 Å². The Hall–Kier alpha value is -2.40. The van der Waals surface area contributed by atoms with Gasteiger partial charge in [0.1, 0.15) is 23.9 Å². The van der Waals surface area contributed by atoms with Gasteiger partial charge in [-0.3, -0.25) is 4.79 Å². The molecule has 0 aliphatic heterocycles. The molecule has 0 unspecified atom stereocenters.